The molecule has 0 aliphatic carbocycles. The van der Waals surface area contributed by atoms with E-state index in [1.807, 2.05) is 4.90 Å². The first kappa shape index (κ1) is 20.4. The van der Waals surface area contributed by atoms with E-state index in [9.17, 15) is 9.90 Å². The summed E-state index contributed by atoms with van der Waals surface area (Å²) in [6.07, 6.45) is 3.91. The van der Waals surface area contributed by atoms with Crippen LogP contribution in [0.4, 0.5) is 0 Å². The number of piperidine rings is 1. The van der Waals surface area contributed by atoms with Crippen molar-refractivity contribution in [3.63, 3.8) is 0 Å². The third-order valence-electron chi connectivity index (χ3n) is 6.70. The van der Waals surface area contributed by atoms with Gasteiger partial charge in [-0.3, -0.25) is 9.69 Å². The smallest absolute Gasteiger partial charge is 0.254 e. The Balaban J connectivity index is 1.33. The van der Waals surface area contributed by atoms with E-state index in [1.165, 1.54) is 0 Å². The number of likely N-dealkylation sites (tertiary alicyclic amines) is 2. The highest BCUT2D eigenvalue weighted by atomic mass is 16.5. The van der Waals surface area contributed by atoms with Gasteiger partial charge in [-0.2, -0.15) is 0 Å². The van der Waals surface area contributed by atoms with Crippen LogP contribution in [-0.2, 0) is 4.74 Å². The van der Waals surface area contributed by atoms with Crippen molar-refractivity contribution in [1.82, 2.24) is 9.80 Å². The van der Waals surface area contributed by atoms with Gasteiger partial charge < -0.3 is 24.2 Å². The van der Waals surface area contributed by atoms with Gasteiger partial charge in [-0.25, -0.2) is 0 Å². The summed E-state index contributed by atoms with van der Waals surface area (Å²) < 4.78 is 16.7. The van der Waals surface area contributed by atoms with E-state index in [2.05, 4.69) is 4.90 Å². The predicted octanol–water partition coefficient (Wildman–Crippen LogP) is 1.78. The van der Waals surface area contributed by atoms with Gasteiger partial charge in [0.2, 0.25) is 0 Å². The highest BCUT2D eigenvalue weighted by Gasteiger charge is 2.43. The molecule has 1 aromatic rings. The molecule has 7 heteroatoms. The van der Waals surface area contributed by atoms with Gasteiger partial charge in [-0.1, -0.05) is 0 Å². The minimum atomic E-state index is -0.185. The van der Waals surface area contributed by atoms with Crippen molar-refractivity contribution < 1.29 is 24.1 Å². The van der Waals surface area contributed by atoms with Gasteiger partial charge in [-0.15, -0.1) is 0 Å². The number of carbonyl (C=O) groups is 1. The number of hydrogen-bond donors (Lipinski definition) is 1. The molecular formula is C22H32N2O5. The lowest BCUT2D eigenvalue weighted by Crippen LogP contribution is -2.43. The van der Waals surface area contributed by atoms with E-state index in [-0.39, 0.29) is 23.5 Å². The van der Waals surface area contributed by atoms with Gasteiger partial charge in [0.25, 0.3) is 5.91 Å². The third kappa shape index (κ3) is 4.52. The van der Waals surface area contributed by atoms with Crippen LogP contribution in [0.2, 0.25) is 0 Å². The SMILES string of the molecule is COc1cc(OC)cc(C(=O)N2CCC3(CC2)COC(CN2CCC(O)C2)C3)c1. The molecule has 4 rings (SSSR count). The number of aliphatic hydroxyl groups excluding tert-OH is 1. The maximum Gasteiger partial charge on any atom is 0.254 e. The van der Waals surface area contributed by atoms with Gasteiger partial charge >= 0.3 is 0 Å². The van der Waals surface area contributed by atoms with Crippen LogP contribution < -0.4 is 9.47 Å². The fraction of sp³-hybridized carbons (Fsp3) is 0.682. The molecule has 1 spiro atoms. The molecule has 0 aromatic heterocycles. The monoisotopic (exact) mass is 404 g/mol. The summed E-state index contributed by atoms with van der Waals surface area (Å²) >= 11 is 0. The van der Waals surface area contributed by atoms with Crippen LogP contribution in [0.3, 0.4) is 0 Å². The number of carbonyl (C=O) groups excluding carboxylic acids is 1. The Morgan fingerprint density at radius 3 is 2.45 bits per heavy atom. The minimum Gasteiger partial charge on any atom is -0.497 e. The van der Waals surface area contributed by atoms with Crippen LogP contribution in [-0.4, -0.2) is 86.6 Å². The third-order valence-corrected chi connectivity index (χ3v) is 6.70. The van der Waals surface area contributed by atoms with E-state index in [0.717, 1.165) is 65.0 Å². The zero-order chi connectivity index (χ0) is 20.4. The summed E-state index contributed by atoms with van der Waals surface area (Å²) in [5, 5.41) is 9.72. The number of β-amino-alcohol motifs (C(OH)–C–C–N with tert-alkyl or cyclic N) is 1. The van der Waals surface area contributed by atoms with Crippen molar-refractivity contribution in [2.75, 3.05) is 53.6 Å². The van der Waals surface area contributed by atoms with Gasteiger partial charge in [-0.05, 0) is 43.2 Å². The van der Waals surface area contributed by atoms with Gasteiger partial charge in [0.05, 0.1) is 33.0 Å². The van der Waals surface area contributed by atoms with E-state index in [0.29, 0.717) is 17.1 Å². The number of methoxy groups -OCH3 is 2. The first-order valence-corrected chi connectivity index (χ1v) is 10.5. The van der Waals surface area contributed by atoms with Crippen molar-refractivity contribution in [3.05, 3.63) is 23.8 Å². The van der Waals surface area contributed by atoms with E-state index in [4.69, 9.17) is 14.2 Å². The number of ether oxygens (including phenoxy) is 3. The summed E-state index contributed by atoms with van der Waals surface area (Å²) in [7, 11) is 3.18. The van der Waals surface area contributed by atoms with E-state index < -0.39 is 0 Å². The van der Waals surface area contributed by atoms with Crippen molar-refractivity contribution in [1.29, 1.82) is 0 Å². The maximum atomic E-state index is 13.0. The fourth-order valence-electron chi connectivity index (χ4n) is 4.92. The molecule has 2 unspecified atom stereocenters. The molecule has 3 aliphatic heterocycles. The van der Waals surface area contributed by atoms with Gasteiger partial charge in [0, 0.05) is 44.4 Å². The second kappa shape index (κ2) is 8.50. The minimum absolute atomic E-state index is 0.0265. The molecule has 3 fully saturated rings. The molecule has 7 nitrogen and oxygen atoms in total. The Morgan fingerprint density at radius 2 is 1.86 bits per heavy atom. The van der Waals surface area contributed by atoms with Crippen molar-refractivity contribution in [2.24, 2.45) is 5.41 Å². The van der Waals surface area contributed by atoms with Crippen molar-refractivity contribution in [3.8, 4) is 11.5 Å². The lowest BCUT2D eigenvalue weighted by atomic mass is 9.76. The second-order valence-electron chi connectivity index (χ2n) is 8.73. The molecule has 3 heterocycles. The Morgan fingerprint density at radius 1 is 1.17 bits per heavy atom. The summed E-state index contributed by atoms with van der Waals surface area (Å²) in [5.74, 6) is 1.28. The average Bonchev–Trinajstić information content (AvgIpc) is 3.33. The highest BCUT2D eigenvalue weighted by molar-refractivity contribution is 5.95. The van der Waals surface area contributed by atoms with E-state index >= 15 is 0 Å². The number of amides is 1. The summed E-state index contributed by atoms with van der Waals surface area (Å²) in [6, 6.07) is 5.32. The number of aliphatic hydroxyl groups is 1. The van der Waals surface area contributed by atoms with Crippen LogP contribution >= 0.6 is 0 Å². The molecule has 0 saturated carbocycles. The zero-order valence-corrected chi connectivity index (χ0v) is 17.4. The normalized spacial score (nSPS) is 26.8. The molecular weight excluding hydrogens is 372 g/mol. The molecule has 160 valence electrons. The Kier molecular flexibility index (Phi) is 5.99. The highest BCUT2D eigenvalue weighted by Crippen LogP contribution is 2.42. The largest absolute Gasteiger partial charge is 0.497 e. The van der Waals surface area contributed by atoms with Crippen molar-refractivity contribution in [2.45, 2.75) is 37.9 Å². The summed E-state index contributed by atoms with van der Waals surface area (Å²) in [5.41, 5.74) is 0.788. The number of rotatable bonds is 5. The zero-order valence-electron chi connectivity index (χ0n) is 17.4. The first-order chi connectivity index (χ1) is 14.0. The standard InChI is InChI=1S/C22H32N2O5/c1-27-18-9-16(10-19(11-18)28-2)21(26)24-7-4-22(5-8-24)12-20(29-15-22)14-23-6-3-17(25)13-23/h9-11,17,20,25H,3-8,12-15H2,1-2H3. The quantitative estimate of drug-likeness (QED) is 0.807. The lowest BCUT2D eigenvalue weighted by molar-refractivity contribution is 0.0451. The Hall–Kier alpha value is -1.83. The van der Waals surface area contributed by atoms with Crippen LogP contribution in [0, 0.1) is 5.41 Å². The molecule has 0 bridgehead atoms. The topological polar surface area (TPSA) is 71.5 Å². The van der Waals surface area contributed by atoms with Crippen LogP contribution in [0.15, 0.2) is 18.2 Å². The number of benzene rings is 1. The van der Waals surface area contributed by atoms with Gasteiger partial charge in [0.15, 0.2) is 0 Å². The van der Waals surface area contributed by atoms with Crippen molar-refractivity contribution >= 4 is 5.91 Å². The Bertz CT molecular complexity index is 710. The maximum absolute atomic E-state index is 13.0. The molecule has 1 N–H and O–H groups in total. The molecule has 1 amide bonds. The van der Waals surface area contributed by atoms with E-state index in [1.54, 1.807) is 32.4 Å². The molecule has 3 aliphatic rings. The van der Waals surface area contributed by atoms with Gasteiger partial charge in [0.1, 0.15) is 11.5 Å². The first-order valence-electron chi connectivity index (χ1n) is 10.5. The van der Waals surface area contributed by atoms with Crippen LogP contribution in [0.5, 0.6) is 11.5 Å². The predicted molar refractivity (Wildman–Crippen MR) is 109 cm³/mol. The lowest BCUT2D eigenvalue weighted by Gasteiger charge is -2.38. The molecule has 2 atom stereocenters. The second-order valence-corrected chi connectivity index (χ2v) is 8.73. The Labute approximate surface area is 172 Å². The molecule has 1 aromatic carbocycles. The molecule has 29 heavy (non-hydrogen) atoms. The molecule has 3 saturated heterocycles. The number of nitrogens with zero attached hydrogens (tertiary/aromatic N) is 2. The average molecular weight is 405 g/mol. The molecule has 0 radical (unpaired) electrons. The fourth-order valence-corrected chi connectivity index (χ4v) is 4.92. The van der Waals surface area contributed by atoms with Crippen LogP contribution in [0.25, 0.3) is 0 Å². The summed E-state index contributed by atoms with van der Waals surface area (Å²) in [4.78, 5) is 17.3. The van der Waals surface area contributed by atoms with Crippen LogP contribution in [0.1, 0.15) is 36.0 Å². The summed E-state index contributed by atoms with van der Waals surface area (Å²) in [6.45, 7) is 4.90. The number of hydrogen-bond acceptors (Lipinski definition) is 6.